The zero-order valence-electron chi connectivity index (χ0n) is 12.2. The van der Waals surface area contributed by atoms with Gasteiger partial charge >= 0.3 is 5.97 Å². The molecule has 0 saturated carbocycles. The second-order valence-corrected chi connectivity index (χ2v) is 4.56. The topological polar surface area (TPSA) is 84.1 Å². The number of hydrogen-bond donors (Lipinski definition) is 2. The quantitative estimate of drug-likeness (QED) is 0.846. The lowest BCUT2D eigenvalue weighted by Crippen LogP contribution is -2.15. The Balaban J connectivity index is 2.24. The molecule has 2 N–H and O–H groups in total. The van der Waals surface area contributed by atoms with Gasteiger partial charge in [-0.3, -0.25) is 9.78 Å². The van der Waals surface area contributed by atoms with E-state index in [1.54, 1.807) is 45.3 Å². The molecular weight excluding hydrogens is 270 g/mol. The summed E-state index contributed by atoms with van der Waals surface area (Å²) >= 11 is 0. The summed E-state index contributed by atoms with van der Waals surface area (Å²) in [7, 11) is 0. The van der Waals surface area contributed by atoms with E-state index in [0.29, 0.717) is 22.5 Å². The lowest BCUT2D eigenvalue weighted by atomic mass is 10.2. The number of nitrogens with one attached hydrogen (secondary N) is 2. The van der Waals surface area contributed by atoms with Crippen LogP contribution in [0.1, 0.15) is 39.0 Å². The van der Waals surface area contributed by atoms with E-state index in [0.717, 1.165) is 5.69 Å². The maximum Gasteiger partial charge on any atom is 0.342 e. The van der Waals surface area contributed by atoms with Gasteiger partial charge in [-0.05, 0) is 32.9 Å². The van der Waals surface area contributed by atoms with Crippen molar-refractivity contribution in [2.45, 2.75) is 20.8 Å². The van der Waals surface area contributed by atoms with E-state index in [-0.39, 0.29) is 12.5 Å². The number of anilines is 1. The lowest BCUT2D eigenvalue weighted by molar-refractivity contribution is 0.0527. The van der Waals surface area contributed by atoms with E-state index in [4.69, 9.17) is 4.74 Å². The zero-order valence-corrected chi connectivity index (χ0v) is 12.2. The molecule has 21 heavy (non-hydrogen) atoms. The van der Waals surface area contributed by atoms with Crippen LogP contribution in [0.25, 0.3) is 0 Å². The third-order valence-corrected chi connectivity index (χ3v) is 2.96. The fraction of sp³-hybridized carbons (Fsp3) is 0.267. The summed E-state index contributed by atoms with van der Waals surface area (Å²) in [5.41, 5.74) is 2.63. The number of hydrogen-bond acceptors (Lipinski definition) is 4. The van der Waals surface area contributed by atoms with Crippen molar-refractivity contribution in [3.8, 4) is 0 Å². The van der Waals surface area contributed by atoms with Gasteiger partial charge < -0.3 is 15.0 Å². The maximum absolute atomic E-state index is 12.2. The van der Waals surface area contributed by atoms with Crippen molar-refractivity contribution in [3.63, 3.8) is 0 Å². The number of H-pyrrole nitrogens is 1. The Morgan fingerprint density at radius 2 is 2.14 bits per heavy atom. The van der Waals surface area contributed by atoms with Crippen molar-refractivity contribution in [2.24, 2.45) is 0 Å². The summed E-state index contributed by atoms with van der Waals surface area (Å²) < 4.78 is 4.99. The molecular formula is C15H17N3O3. The standard InChI is InChI=1S/C15H17N3O3/c1-4-21-15(20)13-10(3)17-8-12(13)18-14(19)11-5-6-16-9(2)7-11/h5-8,17H,4H2,1-3H3,(H,18,19). The first-order valence-electron chi connectivity index (χ1n) is 6.62. The average molecular weight is 287 g/mol. The fourth-order valence-corrected chi connectivity index (χ4v) is 1.97. The third kappa shape index (κ3) is 3.28. The summed E-state index contributed by atoms with van der Waals surface area (Å²) in [5, 5.41) is 2.72. The van der Waals surface area contributed by atoms with E-state index in [2.05, 4.69) is 15.3 Å². The number of amides is 1. The van der Waals surface area contributed by atoms with Crippen molar-refractivity contribution in [1.29, 1.82) is 0 Å². The SMILES string of the molecule is CCOC(=O)c1c(NC(=O)c2ccnc(C)c2)c[nH]c1C. The Hall–Kier alpha value is -2.63. The van der Waals surface area contributed by atoms with Crippen molar-refractivity contribution in [2.75, 3.05) is 11.9 Å². The van der Waals surface area contributed by atoms with Crippen LogP contribution in [0.3, 0.4) is 0 Å². The monoisotopic (exact) mass is 287 g/mol. The largest absolute Gasteiger partial charge is 0.462 e. The molecule has 0 aliphatic carbocycles. The van der Waals surface area contributed by atoms with Crippen molar-refractivity contribution < 1.29 is 14.3 Å². The van der Waals surface area contributed by atoms with Gasteiger partial charge in [0, 0.05) is 29.3 Å². The van der Waals surface area contributed by atoms with Crippen LogP contribution in [-0.2, 0) is 4.74 Å². The first kappa shape index (κ1) is 14.8. The first-order chi connectivity index (χ1) is 10.0. The highest BCUT2D eigenvalue weighted by Gasteiger charge is 2.19. The molecule has 0 aliphatic rings. The van der Waals surface area contributed by atoms with Crippen LogP contribution in [0, 0.1) is 13.8 Å². The molecule has 0 spiro atoms. The van der Waals surface area contributed by atoms with E-state index in [1.807, 2.05) is 0 Å². The Morgan fingerprint density at radius 1 is 1.38 bits per heavy atom. The summed E-state index contributed by atoms with van der Waals surface area (Å²) in [6, 6.07) is 3.30. The van der Waals surface area contributed by atoms with Gasteiger partial charge in [0.2, 0.25) is 0 Å². The second-order valence-electron chi connectivity index (χ2n) is 4.56. The molecule has 110 valence electrons. The number of aromatic nitrogens is 2. The van der Waals surface area contributed by atoms with E-state index >= 15 is 0 Å². The summed E-state index contributed by atoms with van der Waals surface area (Å²) in [4.78, 5) is 31.1. The van der Waals surface area contributed by atoms with Gasteiger partial charge in [-0.1, -0.05) is 0 Å². The smallest absolute Gasteiger partial charge is 0.342 e. The Labute approximate surface area is 122 Å². The number of pyridine rings is 1. The van der Waals surface area contributed by atoms with Crippen LogP contribution in [0.2, 0.25) is 0 Å². The molecule has 0 fully saturated rings. The molecule has 0 saturated heterocycles. The number of ether oxygens (including phenoxy) is 1. The van der Waals surface area contributed by atoms with Gasteiger partial charge in [-0.15, -0.1) is 0 Å². The van der Waals surface area contributed by atoms with Crippen LogP contribution in [0.15, 0.2) is 24.5 Å². The Kier molecular flexibility index (Phi) is 4.37. The molecule has 0 unspecified atom stereocenters. The molecule has 1 amide bonds. The van der Waals surface area contributed by atoms with Crippen LogP contribution >= 0.6 is 0 Å². The number of rotatable bonds is 4. The first-order valence-corrected chi connectivity index (χ1v) is 6.62. The second kappa shape index (κ2) is 6.21. The van der Waals surface area contributed by atoms with Gasteiger partial charge in [-0.25, -0.2) is 4.79 Å². The molecule has 2 aromatic heterocycles. The molecule has 6 nitrogen and oxygen atoms in total. The summed E-state index contributed by atoms with van der Waals surface area (Å²) in [6.45, 7) is 5.57. The lowest BCUT2D eigenvalue weighted by Gasteiger charge is -2.07. The normalized spacial score (nSPS) is 10.2. The van der Waals surface area contributed by atoms with Crippen molar-refractivity contribution in [3.05, 3.63) is 47.0 Å². The van der Waals surface area contributed by atoms with Gasteiger partial charge in [-0.2, -0.15) is 0 Å². The number of esters is 1. The molecule has 0 aliphatic heterocycles. The minimum Gasteiger partial charge on any atom is -0.462 e. The molecule has 0 atom stereocenters. The van der Waals surface area contributed by atoms with E-state index < -0.39 is 5.97 Å². The highest BCUT2D eigenvalue weighted by molar-refractivity contribution is 6.08. The highest BCUT2D eigenvalue weighted by Crippen LogP contribution is 2.21. The third-order valence-electron chi connectivity index (χ3n) is 2.96. The van der Waals surface area contributed by atoms with Gasteiger partial charge in [0.15, 0.2) is 0 Å². The molecule has 2 aromatic rings. The average Bonchev–Trinajstić information content (AvgIpc) is 2.80. The maximum atomic E-state index is 12.2. The zero-order chi connectivity index (χ0) is 15.4. The molecule has 0 radical (unpaired) electrons. The van der Waals surface area contributed by atoms with Crippen LogP contribution in [0.4, 0.5) is 5.69 Å². The van der Waals surface area contributed by atoms with E-state index in [1.165, 1.54) is 0 Å². The minimum absolute atomic E-state index is 0.278. The minimum atomic E-state index is -0.461. The summed E-state index contributed by atoms with van der Waals surface area (Å²) in [6.07, 6.45) is 3.15. The number of nitrogens with zero attached hydrogens (tertiary/aromatic N) is 1. The Bertz CT molecular complexity index is 677. The van der Waals surface area contributed by atoms with E-state index in [9.17, 15) is 9.59 Å². The molecule has 2 heterocycles. The molecule has 0 aromatic carbocycles. The van der Waals surface area contributed by atoms with Crippen LogP contribution in [-0.4, -0.2) is 28.5 Å². The van der Waals surface area contributed by atoms with Gasteiger partial charge in [0.1, 0.15) is 5.56 Å². The molecule has 0 bridgehead atoms. The van der Waals surface area contributed by atoms with Crippen LogP contribution < -0.4 is 5.32 Å². The fourth-order valence-electron chi connectivity index (χ4n) is 1.97. The van der Waals surface area contributed by atoms with Gasteiger partial charge in [0.25, 0.3) is 5.91 Å². The predicted molar refractivity (Wildman–Crippen MR) is 78.4 cm³/mol. The van der Waals surface area contributed by atoms with Crippen molar-refractivity contribution in [1.82, 2.24) is 9.97 Å². The number of aromatic amines is 1. The molecule has 2 rings (SSSR count). The highest BCUT2D eigenvalue weighted by atomic mass is 16.5. The van der Waals surface area contributed by atoms with Crippen molar-refractivity contribution >= 4 is 17.6 Å². The summed E-state index contributed by atoms with van der Waals surface area (Å²) in [5.74, 6) is -0.762. The van der Waals surface area contributed by atoms with Crippen LogP contribution in [0.5, 0.6) is 0 Å². The number of carbonyl (C=O) groups is 2. The number of carbonyl (C=O) groups excluding carboxylic acids is 2. The predicted octanol–water partition coefficient (Wildman–Crippen LogP) is 2.46. The number of aryl methyl sites for hydroxylation is 2. The van der Waals surface area contributed by atoms with Gasteiger partial charge in [0.05, 0.1) is 12.3 Å². The Morgan fingerprint density at radius 3 is 2.81 bits per heavy atom. The molecule has 6 heteroatoms.